The molecule has 0 saturated heterocycles. The highest BCUT2D eigenvalue weighted by Crippen LogP contribution is 2.29. The molecular formula is C24H17ClFN7. The Balaban J connectivity index is 1.45. The van der Waals surface area contributed by atoms with Gasteiger partial charge in [-0.1, -0.05) is 28.9 Å². The van der Waals surface area contributed by atoms with Gasteiger partial charge in [0.1, 0.15) is 5.52 Å². The van der Waals surface area contributed by atoms with Crippen LogP contribution in [0, 0.1) is 12.7 Å². The number of halogens is 2. The van der Waals surface area contributed by atoms with E-state index in [1.54, 1.807) is 17.1 Å². The largest absolute Gasteiger partial charge is 0.278 e. The van der Waals surface area contributed by atoms with Crippen molar-refractivity contribution in [3.8, 4) is 16.9 Å². The van der Waals surface area contributed by atoms with E-state index in [1.165, 1.54) is 6.07 Å². The summed E-state index contributed by atoms with van der Waals surface area (Å²) in [5, 5.41) is 21.4. The molecule has 9 heteroatoms. The van der Waals surface area contributed by atoms with E-state index in [2.05, 4.69) is 25.6 Å². The maximum Gasteiger partial charge on any atom is 0.153 e. The van der Waals surface area contributed by atoms with Gasteiger partial charge in [-0.3, -0.25) is 9.78 Å². The molecule has 6 aromatic rings. The molecule has 0 atom stereocenters. The quantitative estimate of drug-likeness (QED) is 0.389. The Morgan fingerprint density at radius 2 is 1.97 bits per heavy atom. The SMILES string of the molecule is Cc1ccc(Cn2nccc2-c2cc(F)c3nnn(-c4ccc5cn[nH]c5c4)c3c2)c(Cl)c1. The molecule has 0 bridgehead atoms. The maximum absolute atomic E-state index is 15.1. The first-order chi connectivity index (χ1) is 16.1. The topological polar surface area (TPSA) is 77.2 Å². The van der Waals surface area contributed by atoms with Gasteiger partial charge in [0.05, 0.1) is 35.2 Å². The second-order valence-electron chi connectivity index (χ2n) is 7.94. The first-order valence-corrected chi connectivity index (χ1v) is 10.7. The van der Waals surface area contributed by atoms with E-state index < -0.39 is 5.82 Å². The molecule has 0 aliphatic rings. The molecule has 0 aliphatic carbocycles. The lowest BCUT2D eigenvalue weighted by molar-refractivity contribution is 0.635. The zero-order valence-corrected chi connectivity index (χ0v) is 18.3. The summed E-state index contributed by atoms with van der Waals surface area (Å²) in [5.74, 6) is -0.447. The van der Waals surface area contributed by atoms with Crippen LogP contribution in [0.5, 0.6) is 0 Å². The Hall–Kier alpha value is -4.04. The smallest absolute Gasteiger partial charge is 0.153 e. The lowest BCUT2D eigenvalue weighted by Gasteiger charge is -2.11. The highest BCUT2D eigenvalue weighted by Gasteiger charge is 2.16. The van der Waals surface area contributed by atoms with E-state index >= 15 is 4.39 Å². The molecule has 162 valence electrons. The molecule has 0 fully saturated rings. The zero-order valence-electron chi connectivity index (χ0n) is 17.5. The number of nitrogens with zero attached hydrogens (tertiary/aromatic N) is 6. The zero-order chi connectivity index (χ0) is 22.5. The third kappa shape index (κ3) is 3.35. The number of benzene rings is 3. The summed E-state index contributed by atoms with van der Waals surface area (Å²) in [5.41, 5.74) is 5.85. The van der Waals surface area contributed by atoms with Gasteiger partial charge in [0.2, 0.25) is 0 Å². The van der Waals surface area contributed by atoms with Crippen LogP contribution >= 0.6 is 11.6 Å². The van der Waals surface area contributed by atoms with Crippen LogP contribution in [-0.4, -0.2) is 35.0 Å². The van der Waals surface area contributed by atoms with Crippen molar-refractivity contribution in [1.82, 2.24) is 35.0 Å². The number of hydrogen-bond donors (Lipinski definition) is 1. The molecule has 6 rings (SSSR count). The third-order valence-corrected chi connectivity index (χ3v) is 6.07. The summed E-state index contributed by atoms with van der Waals surface area (Å²) in [6, 6.07) is 16.9. The fourth-order valence-corrected chi connectivity index (χ4v) is 4.32. The van der Waals surface area contributed by atoms with Gasteiger partial charge in [-0.15, -0.1) is 5.10 Å². The first-order valence-electron chi connectivity index (χ1n) is 10.3. The standard InChI is InChI=1S/C24H17ClFN7/c1-14-2-3-16(19(25)8-14)13-32-22(6-7-28-32)17-9-20(26)24-23(10-17)33(31-30-24)18-5-4-15-12-27-29-21(15)11-18/h2-12H,13H2,1H3,(H,27,29). The molecule has 1 N–H and O–H groups in total. The fourth-order valence-electron chi connectivity index (χ4n) is 4.02. The van der Waals surface area contributed by atoms with Crippen LogP contribution in [0.3, 0.4) is 0 Å². The van der Waals surface area contributed by atoms with Gasteiger partial charge in [0, 0.05) is 22.2 Å². The lowest BCUT2D eigenvalue weighted by atomic mass is 10.1. The Morgan fingerprint density at radius 1 is 1.06 bits per heavy atom. The maximum atomic E-state index is 15.1. The molecule has 0 aliphatic heterocycles. The second-order valence-corrected chi connectivity index (χ2v) is 8.34. The van der Waals surface area contributed by atoms with Crippen molar-refractivity contribution in [2.45, 2.75) is 13.5 Å². The van der Waals surface area contributed by atoms with Gasteiger partial charge in [-0.2, -0.15) is 10.2 Å². The van der Waals surface area contributed by atoms with Gasteiger partial charge in [-0.25, -0.2) is 9.07 Å². The third-order valence-electron chi connectivity index (χ3n) is 5.72. The average molecular weight is 458 g/mol. The molecule has 3 aromatic heterocycles. The summed E-state index contributed by atoms with van der Waals surface area (Å²) in [7, 11) is 0. The van der Waals surface area contributed by atoms with E-state index in [1.807, 2.05) is 60.1 Å². The Kier molecular flexibility index (Phi) is 4.48. The molecule has 0 spiro atoms. The molecule has 0 saturated carbocycles. The summed E-state index contributed by atoms with van der Waals surface area (Å²) >= 11 is 6.43. The Labute approximate surface area is 192 Å². The normalized spacial score (nSPS) is 11.6. The van der Waals surface area contributed by atoms with E-state index in [9.17, 15) is 0 Å². The Bertz CT molecular complexity index is 1650. The highest BCUT2D eigenvalue weighted by molar-refractivity contribution is 6.31. The fraction of sp³-hybridized carbons (Fsp3) is 0.0833. The first kappa shape index (κ1) is 19.6. The van der Waals surface area contributed by atoms with Crippen molar-refractivity contribution < 1.29 is 4.39 Å². The second kappa shape index (κ2) is 7.53. The van der Waals surface area contributed by atoms with Crippen LogP contribution in [0.25, 0.3) is 38.9 Å². The number of H-pyrrole nitrogens is 1. The molecule has 3 heterocycles. The van der Waals surface area contributed by atoms with Crippen molar-refractivity contribution in [1.29, 1.82) is 0 Å². The van der Waals surface area contributed by atoms with Crippen molar-refractivity contribution >= 4 is 33.5 Å². The summed E-state index contributed by atoms with van der Waals surface area (Å²) in [6.45, 7) is 2.46. The van der Waals surface area contributed by atoms with Crippen LogP contribution in [0.1, 0.15) is 11.1 Å². The molecular weight excluding hydrogens is 441 g/mol. The average Bonchev–Trinajstić information content (AvgIpc) is 3.54. The highest BCUT2D eigenvalue weighted by atomic mass is 35.5. The summed E-state index contributed by atoms with van der Waals surface area (Å²) < 4.78 is 18.5. The summed E-state index contributed by atoms with van der Waals surface area (Å²) in [4.78, 5) is 0. The number of aromatic nitrogens is 7. The van der Waals surface area contributed by atoms with Crippen molar-refractivity contribution in [3.05, 3.63) is 89.0 Å². The van der Waals surface area contributed by atoms with E-state index in [0.717, 1.165) is 33.4 Å². The van der Waals surface area contributed by atoms with Gasteiger partial charge < -0.3 is 0 Å². The van der Waals surface area contributed by atoms with E-state index in [0.29, 0.717) is 22.6 Å². The molecule has 7 nitrogen and oxygen atoms in total. The molecule has 3 aromatic carbocycles. The number of hydrogen-bond acceptors (Lipinski definition) is 4. The minimum absolute atomic E-state index is 0.205. The predicted molar refractivity (Wildman–Crippen MR) is 125 cm³/mol. The van der Waals surface area contributed by atoms with Gasteiger partial charge in [-0.05, 0) is 60.5 Å². The minimum Gasteiger partial charge on any atom is -0.278 e. The number of nitrogens with one attached hydrogen (secondary N) is 1. The summed E-state index contributed by atoms with van der Waals surface area (Å²) in [6.07, 6.45) is 3.44. The number of rotatable bonds is 4. The lowest BCUT2D eigenvalue weighted by Crippen LogP contribution is -2.05. The predicted octanol–water partition coefficient (Wildman–Crippen LogP) is 5.31. The molecule has 0 unspecified atom stereocenters. The number of aromatic amines is 1. The van der Waals surface area contributed by atoms with Gasteiger partial charge >= 0.3 is 0 Å². The van der Waals surface area contributed by atoms with Crippen LogP contribution < -0.4 is 0 Å². The number of aryl methyl sites for hydroxylation is 1. The minimum atomic E-state index is -0.447. The van der Waals surface area contributed by atoms with Crippen molar-refractivity contribution in [2.24, 2.45) is 0 Å². The van der Waals surface area contributed by atoms with Gasteiger partial charge in [0.25, 0.3) is 0 Å². The Morgan fingerprint density at radius 3 is 2.85 bits per heavy atom. The molecule has 33 heavy (non-hydrogen) atoms. The molecule has 0 amide bonds. The van der Waals surface area contributed by atoms with Crippen LogP contribution in [0.2, 0.25) is 5.02 Å². The van der Waals surface area contributed by atoms with E-state index in [4.69, 9.17) is 11.6 Å². The number of fused-ring (bicyclic) bond motifs is 2. The molecule has 0 radical (unpaired) electrons. The monoisotopic (exact) mass is 457 g/mol. The van der Waals surface area contributed by atoms with E-state index in [-0.39, 0.29) is 5.52 Å². The van der Waals surface area contributed by atoms with Crippen molar-refractivity contribution in [3.63, 3.8) is 0 Å². The van der Waals surface area contributed by atoms with Crippen LogP contribution in [0.4, 0.5) is 4.39 Å². The van der Waals surface area contributed by atoms with Crippen molar-refractivity contribution in [2.75, 3.05) is 0 Å². The van der Waals surface area contributed by atoms with Crippen LogP contribution in [0.15, 0.2) is 67.0 Å². The van der Waals surface area contributed by atoms with Gasteiger partial charge in [0.15, 0.2) is 5.82 Å². The van der Waals surface area contributed by atoms with Crippen LogP contribution in [-0.2, 0) is 6.54 Å².